The summed E-state index contributed by atoms with van der Waals surface area (Å²) in [7, 11) is 2.92. The monoisotopic (exact) mass is 169 g/mol. The lowest BCUT2D eigenvalue weighted by molar-refractivity contribution is -1.00. The zero-order valence-corrected chi connectivity index (χ0v) is 7.03. The Kier molecular flexibility index (Phi) is 2.90. The fourth-order valence-corrected chi connectivity index (χ4v) is 0.831. The molecule has 1 aromatic carbocycles. The topological polar surface area (TPSA) is 46.0 Å². The lowest BCUT2D eigenvalue weighted by Crippen LogP contribution is -3.05. The van der Waals surface area contributed by atoms with Crippen LogP contribution in [0.25, 0.3) is 0 Å². The van der Waals surface area contributed by atoms with E-state index < -0.39 is 0 Å². The summed E-state index contributed by atoms with van der Waals surface area (Å²) < 4.78 is 4.95. The number of benzene rings is 1. The van der Waals surface area contributed by atoms with E-state index in [9.17, 15) is 5.21 Å². The van der Waals surface area contributed by atoms with Gasteiger partial charge in [-0.05, 0) is 12.1 Å². The minimum atomic E-state index is -0.330. The highest BCUT2D eigenvalue weighted by Crippen LogP contribution is 2.17. The Bertz CT molecular complexity index is 250. The molecule has 0 aliphatic rings. The molecule has 0 heterocycles. The number of hydrogen-bond acceptors (Lipinski definition) is 3. The summed E-state index contributed by atoms with van der Waals surface area (Å²) in [5.41, 5.74) is 0. The van der Waals surface area contributed by atoms with Crippen LogP contribution in [-0.4, -0.2) is 14.2 Å². The molecule has 66 valence electrons. The second-order valence-electron chi connectivity index (χ2n) is 2.27. The van der Waals surface area contributed by atoms with E-state index in [1.807, 2.05) is 0 Å². The highest BCUT2D eigenvalue weighted by atomic mass is 16.9. The van der Waals surface area contributed by atoms with Gasteiger partial charge in [-0.1, -0.05) is 6.07 Å². The van der Waals surface area contributed by atoms with E-state index in [0.717, 1.165) is 0 Å². The zero-order valence-electron chi connectivity index (χ0n) is 7.03. The fraction of sp³-hybridized carbons (Fsp3) is 0.250. The predicted octanol–water partition coefficient (Wildman–Crippen LogP) is 0.00150. The summed E-state index contributed by atoms with van der Waals surface area (Å²) in [5.74, 6) is 1.18. The molecular weight excluding hydrogens is 158 g/mol. The second kappa shape index (κ2) is 3.94. The van der Waals surface area contributed by atoms with Crippen LogP contribution >= 0.6 is 0 Å². The van der Waals surface area contributed by atoms with E-state index in [1.165, 1.54) is 7.05 Å². The number of hydroxylamine groups is 2. The molecule has 0 bridgehead atoms. The summed E-state index contributed by atoms with van der Waals surface area (Å²) in [6.07, 6.45) is 0. The molecular formula is C8H11NO3. The molecule has 1 aromatic rings. The normalized spacial score (nSPS) is 12.2. The smallest absolute Gasteiger partial charge is 0.194 e. The SMILES string of the molecule is COc1cccc(O[NH+](C)[O-])c1. The van der Waals surface area contributed by atoms with Crippen molar-refractivity contribution in [2.75, 3.05) is 14.2 Å². The minimum absolute atomic E-state index is 0.330. The molecule has 1 atom stereocenters. The third-order valence-electron chi connectivity index (χ3n) is 1.30. The summed E-state index contributed by atoms with van der Waals surface area (Å²) in [4.78, 5) is 4.84. The molecule has 1 N–H and O–H groups in total. The first-order valence-corrected chi connectivity index (χ1v) is 3.55. The number of hydrogen-bond donors (Lipinski definition) is 1. The molecule has 0 radical (unpaired) electrons. The van der Waals surface area contributed by atoms with Crippen LogP contribution in [0.3, 0.4) is 0 Å². The lowest BCUT2D eigenvalue weighted by Gasteiger charge is -2.14. The second-order valence-corrected chi connectivity index (χ2v) is 2.27. The molecule has 0 fully saturated rings. The maximum atomic E-state index is 10.5. The van der Waals surface area contributed by atoms with Crippen molar-refractivity contribution in [2.45, 2.75) is 0 Å². The van der Waals surface area contributed by atoms with Crippen molar-refractivity contribution in [3.63, 3.8) is 0 Å². The van der Waals surface area contributed by atoms with Gasteiger partial charge in [0.25, 0.3) is 0 Å². The van der Waals surface area contributed by atoms with Crippen molar-refractivity contribution in [1.29, 1.82) is 0 Å². The van der Waals surface area contributed by atoms with Gasteiger partial charge in [-0.3, -0.25) is 0 Å². The van der Waals surface area contributed by atoms with Crippen molar-refractivity contribution < 1.29 is 14.8 Å². The van der Waals surface area contributed by atoms with Crippen LogP contribution in [0.1, 0.15) is 0 Å². The van der Waals surface area contributed by atoms with Gasteiger partial charge in [0, 0.05) is 6.07 Å². The predicted molar refractivity (Wildman–Crippen MR) is 43.9 cm³/mol. The molecule has 12 heavy (non-hydrogen) atoms. The number of methoxy groups -OCH3 is 1. The first-order chi connectivity index (χ1) is 5.72. The van der Waals surface area contributed by atoms with Crippen LogP contribution in [0.15, 0.2) is 24.3 Å². The summed E-state index contributed by atoms with van der Waals surface area (Å²) in [6.45, 7) is 0. The van der Waals surface area contributed by atoms with Gasteiger partial charge >= 0.3 is 0 Å². The van der Waals surface area contributed by atoms with Crippen molar-refractivity contribution in [3.8, 4) is 11.5 Å². The summed E-state index contributed by atoms with van der Waals surface area (Å²) in [5, 5.41) is 10.2. The lowest BCUT2D eigenvalue weighted by atomic mass is 10.3. The Morgan fingerprint density at radius 1 is 1.33 bits per heavy atom. The average Bonchev–Trinajstić information content (AvgIpc) is 2.03. The minimum Gasteiger partial charge on any atom is -0.591 e. The van der Waals surface area contributed by atoms with Crippen LogP contribution < -0.4 is 14.8 Å². The van der Waals surface area contributed by atoms with Crippen LogP contribution in [-0.2, 0) is 0 Å². The van der Waals surface area contributed by atoms with Gasteiger partial charge in [-0.15, -0.1) is 0 Å². The Morgan fingerprint density at radius 2 is 2.00 bits per heavy atom. The van der Waals surface area contributed by atoms with E-state index in [2.05, 4.69) is 0 Å². The Balaban J connectivity index is 2.72. The molecule has 1 unspecified atom stereocenters. The molecule has 0 aromatic heterocycles. The van der Waals surface area contributed by atoms with Crippen molar-refractivity contribution in [3.05, 3.63) is 29.5 Å². The average molecular weight is 169 g/mol. The van der Waals surface area contributed by atoms with E-state index in [-0.39, 0.29) is 5.23 Å². The quantitative estimate of drug-likeness (QED) is 0.648. The van der Waals surface area contributed by atoms with Gasteiger partial charge in [-0.2, -0.15) is 5.23 Å². The van der Waals surface area contributed by atoms with Gasteiger partial charge in [0.2, 0.25) is 0 Å². The Morgan fingerprint density at radius 3 is 2.58 bits per heavy atom. The van der Waals surface area contributed by atoms with Crippen LogP contribution in [0, 0.1) is 5.21 Å². The van der Waals surface area contributed by atoms with Gasteiger partial charge in [0.15, 0.2) is 5.75 Å². The largest absolute Gasteiger partial charge is 0.591 e. The molecule has 4 heteroatoms. The van der Waals surface area contributed by atoms with E-state index >= 15 is 0 Å². The Hall–Kier alpha value is -1.26. The van der Waals surface area contributed by atoms with E-state index in [1.54, 1.807) is 31.4 Å². The highest BCUT2D eigenvalue weighted by molar-refractivity contribution is 5.32. The molecule has 0 aliphatic carbocycles. The molecule has 0 saturated heterocycles. The van der Waals surface area contributed by atoms with Crippen molar-refractivity contribution in [2.24, 2.45) is 0 Å². The fourth-order valence-electron chi connectivity index (χ4n) is 0.831. The third-order valence-corrected chi connectivity index (χ3v) is 1.30. The van der Waals surface area contributed by atoms with Gasteiger partial charge in [0.05, 0.1) is 7.11 Å². The first kappa shape index (κ1) is 8.83. The molecule has 0 amide bonds. The molecule has 1 rings (SSSR count). The van der Waals surface area contributed by atoms with E-state index in [4.69, 9.17) is 9.57 Å². The summed E-state index contributed by atoms with van der Waals surface area (Å²) in [6, 6.07) is 6.90. The molecule has 0 spiro atoms. The van der Waals surface area contributed by atoms with Gasteiger partial charge < -0.3 is 14.8 Å². The number of nitrogens with one attached hydrogen (secondary N) is 1. The summed E-state index contributed by atoms with van der Waals surface area (Å²) >= 11 is 0. The van der Waals surface area contributed by atoms with Gasteiger partial charge in [-0.25, -0.2) is 0 Å². The maximum absolute atomic E-state index is 10.5. The van der Waals surface area contributed by atoms with Crippen LogP contribution in [0.2, 0.25) is 0 Å². The molecule has 4 nitrogen and oxygen atoms in total. The van der Waals surface area contributed by atoms with Gasteiger partial charge in [0.1, 0.15) is 12.8 Å². The Labute approximate surface area is 70.9 Å². The zero-order chi connectivity index (χ0) is 8.97. The van der Waals surface area contributed by atoms with Crippen molar-refractivity contribution in [1.82, 2.24) is 0 Å². The number of quaternary nitrogens is 1. The number of rotatable bonds is 3. The molecule has 0 saturated carbocycles. The molecule has 0 aliphatic heterocycles. The highest BCUT2D eigenvalue weighted by Gasteiger charge is 1.97. The first-order valence-electron chi connectivity index (χ1n) is 3.55. The van der Waals surface area contributed by atoms with Crippen LogP contribution in [0.4, 0.5) is 0 Å². The van der Waals surface area contributed by atoms with E-state index in [0.29, 0.717) is 11.5 Å². The number of ether oxygens (including phenoxy) is 1. The van der Waals surface area contributed by atoms with Crippen LogP contribution in [0.5, 0.6) is 11.5 Å². The van der Waals surface area contributed by atoms with Crippen molar-refractivity contribution >= 4 is 0 Å². The third kappa shape index (κ3) is 2.41. The standard InChI is InChI=1S/C8H11NO3/c1-9(10)12-8-5-3-4-7(6-8)11-2/h3-6,9H,1-2H3. The maximum Gasteiger partial charge on any atom is 0.194 e.